The van der Waals surface area contributed by atoms with Gasteiger partial charge in [0.2, 0.25) is 0 Å². The van der Waals surface area contributed by atoms with Gasteiger partial charge >= 0.3 is 140 Å². The van der Waals surface area contributed by atoms with Crippen molar-refractivity contribution < 1.29 is 74.6 Å². The Kier molecular flexibility index (Phi) is 14.3. The molecule has 3 unspecified atom stereocenters. The van der Waals surface area contributed by atoms with Gasteiger partial charge in [-0.3, -0.25) is 4.79 Å². The summed E-state index contributed by atoms with van der Waals surface area (Å²) in [4.78, 5) is 38.7. The van der Waals surface area contributed by atoms with Crippen molar-refractivity contribution >= 4 is 38.1 Å². The maximum absolute atomic E-state index is 12.9. The fraction of sp³-hybridized carbons (Fsp3) is 0.553. The number of alkyl halides is 1. The van der Waals surface area contributed by atoms with E-state index in [0.717, 1.165) is 29.7 Å². The van der Waals surface area contributed by atoms with Crippen molar-refractivity contribution in [2.24, 2.45) is 5.92 Å². The van der Waals surface area contributed by atoms with Crippen LogP contribution in [0.25, 0.3) is 0 Å². The number of aliphatic hydroxyl groups excluding tert-OH is 3. The molecular formula is C38H46ClIN3O11S-. The monoisotopic (exact) mass is 916 g/mol. The molecule has 6 rings (SSSR count). The van der Waals surface area contributed by atoms with E-state index in [9.17, 15) is 29.7 Å². The van der Waals surface area contributed by atoms with E-state index in [1.54, 1.807) is 4.68 Å². The summed E-state index contributed by atoms with van der Waals surface area (Å²) in [5.41, 5.74) is 2.35. The second-order valence-electron chi connectivity index (χ2n) is 13.8. The van der Waals surface area contributed by atoms with Crippen molar-refractivity contribution in [1.82, 2.24) is 15.0 Å². The molecule has 2 aliphatic heterocycles. The molecule has 0 spiro atoms. The molecule has 14 nitrogen and oxygen atoms in total. The zero-order valence-electron chi connectivity index (χ0n) is 31.5. The number of hydrogen-bond acceptors (Lipinski definition) is 14. The molecular weight excluding hydrogens is 869 g/mol. The predicted molar refractivity (Wildman–Crippen MR) is 197 cm³/mol. The van der Waals surface area contributed by atoms with Crippen LogP contribution in [0.5, 0.6) is 11.5 Å². The zero-order chi connectivity index (χ0) is 40.0. The number of carbonyl (C=O) groups excluding carboxylic acids is 3. The Morgan fingerprint density at radius 1 is 1.07 bits per heavy atom. The third-order valence-corrected chi connectivity index (χ3v) is 16.7. The van der Waals surface area contributed by atoms with Gasteiger partial charge in [-0.1, -0.05) is 35.9 Å². The Hall–Kier alpha value is -2.84. The Bertz CT molecular complexity index is 1870. The van der Waals surface area contributed by atoms with Gasteiger partial charge in [0.1, 0.15) is 43.4 Å². The number of aromatic nitrogens is 3. The van der Waals surface area contributed by atoms with E-state index in [-0.39, 0.29) is 72.4 Å². The van der Waals surface area contributed by atoms with Gasteiger partial charge in [-0.15, -0.1) is 0 Å². The number of rotatable bonds is 18. The normalized spacial score (nSPS) is 27.8. The van der Waals surface area contributed by atoms with E-state index in [2.05, 4.69) is 10.3 Å². The molecule has 2 saturated heterocycles. The summed E-state index contributed by atoms with van der Waals surface area (Å²) in [6.45, 7) is 0.230. The van der Waals surface area contributed by atoms with Gasteiger partial charge in [-0.25, -0.2) is 4.79 Å². The molecule has 1 saturated carbocycles. The van der Waals surface area contributed by atoms with E-state index in [1.807, 2.05) is 39.4 Å². The molecule has 300 valence electrons. The third kappa shape index (κ3) is 11.0. The van der Waals surface area contributed by atoms with Gasteiger partial charge in [-0.05, 0) is 23.3 Å². The standard InChI is InChI=1S/C38H46ClIN3O11S/c1-50-31-16-24(37(49)53-20-32-33(46)34(47)35(48)38(51-2)54-32)15-29(39)36(31)52-19-22-6-3-5-21(11-22)12-27(44)9-8-26-18-43(42-41-26)10-4-7-30(45)23-13-25-17-28(14-23)55-40-25/h3,5-6,11,15-16,18,23,25,28,32-35,38,46-48H,4,7-10,12-14,17,19-20H2,1-2H3/q-1/t23?,25?,28?,32-,33-,34+,35-,38-/m1/s1/i28T. The number of aryl methyl sites for hydroxylation is 2. The fourth-order valence-corrected chi connectivity index (χ4v) is 13.8. The van der Waals surface area contributed by atoms with Crippen molar-refractivity contribution in [2.75, 3.05) is 20.8 Å². The van der Waals surface area contributed by atoms with Crippen LogP contribution in [0.1, 0.15) is 67.1 Å². The molecule has 8 atom stereocenters. The molecule has 2 bridgehead atoms. The number of ether oxygens (including phenoxy) is 5. The molecule has 3 aliphatic rings. The van der Waals surface area contributed by atoms with Crippen LogP contribution in [0.15, 0.2) is 42.6 Å². The minimum absolute atomic E-state index is 0.00872. The Morgan fingerprint density at radius 3 is 2.67 bits per heavy atom. The average Bonchev–Trinajstić information content (AvgIpc) is 3.76. The third-order valence-electron chi connectivity index (χ3n) is 9.78. The van der Waals surface area contributed by atoms with Crippen LogP contribution in [-0.4, -0.2) is 109 Å². The molecule has 0 radical (unpaired) electrons. The van der Waals surface area contributed by atoms with Gasteiger partial charge in [-0.2, -0.15) is 0 Å². The number of methoxy groups -OCH3 is 2. The van der Waals surface area contributed by atoms with E-state index >= 15 is 0 Å². The van der Waals surface area contributed by atoms with Gasteiger partial charge in [0.05, 0.1) is 17.7 Å². The summed E-state index contributed by atoms with van der Waals surface area (Å²) >= 11 is 6.50. The zero-order valence-corrected chi connectivity index (χ0v) is 34.2. The van der Waals surface area contributed by atoms with E-state index < -0.39 is 48.5 Å². The van der Waals surface area contributed by atoms with Crippen molar-refractivity contribution in [3.63, 3.8) is 0 Å². The van der Waals surface area contributed by atoms with Crippen LogP contribution in [0, 0.1) is 5.92 Å². The number of Topliss-reactive ketones (excluding diaryl/α,β-unsaturated/α-hetero) is 2. The number of halogens is 2. The Morgan fingerprint density at radius 2 is 1.89 bits per heavy atom. The second kappa shape index (κ2) is 19.5. The first-order valence-corrected chi connectivity index (χ1v) is 23.1. The molecule has 3 aromatic rings. The van der Waals surface area contributed by atoms with E-state index in [1.165, 1.54) is 26.4 Å². The number of carbonyl (C=O) groups is 3. The number of ketones is 2. The molecule has 2 aromatic carbocycles. The number of esters is 1. The van der Waals surface area contributed by atoms with Crippen LogP contribution in [0.3, 0.4) is 0 Å². The van der Waals surface area contributed by atoms with Gasteiger partial charge < -0.3 is 39.0 Å². The molecule has 1 aromatic heterocycles. The first-order chi connectivity index (χ1) is 26.8. The summed E-state index contributed by atoms with van der Waals surface area (Å²) in [6.07, 6.45) is -0.356. The molecule has 3 N–H and O–H groups in total. The first-order valence-electron chi connectivity index (χ1n) is 18.6. The first kappa shape index (κ1) is 40.4. The topological polar surface area (TPSA) is 189 Å². The van der Waals surface area contributed by atoms with Crippen LogP contribution < -0.4 is 29.3 Å². The van der Waals surface area contributed by atoms with Crippen molar-refractivity contribution in [2.45, 2.75) is 104 Å². The number of aliphatic hydroxyl groups is 3. The second-order valence-corrected chi connectivity index (χ2v) is 19.8. The molecule has 1 aliphatic carbocycles. The quantitative estimate of drug-likeness (QED) is 0.0911. The molecule has 55 heavy (non-hydrogen) atoms. The van der Waals surface area contributed by atoms with Crippen LogP contribution >= 0.6 is 20.5 Å². The van der Waals surface area contributed by atoms with Crippen LogP contribution in [0.4, 0.5) is 0 Å². The summed E-state index contributed by atoms with van der Waals surface area (Å²) in [5.74, 6) is -0.104. The van der Waals surface area contributed by atoms with Crippen LogP contribution in [-0.2, 0) is 49.8 Å². The average molecular weight is 917 g/mol. The summed E-state index contributed by atoms with van der Waals surface area (Å²) in [5, 5.41) is 38.3. The molecule has 3 fully saturated rings. The fourth-order valence-electron chi connectivity index (χ4n) is 6.80. The van der Waals surface area contributed by atoms with Crippen molar-refractivity contribution in [3.8, 4) is 11.5 Å². The van der Waals surface area contributed by atoms with Gasteiger partial charge in [0.15, 0.2) is 17.8 Å². The predicted octanol–water partition coefficient (Wildman–Crippen LogP) is 0.512. The SMILES string of the molecule is [3H]C12CC(CC(C(=O)CCCn3cc(CCC(=O)Cc4cccc(COc5c(Cl)cc(C(=O)OC[C@H]6O[C@@H](OC)[C@H](O)[C@@H](O)[C@@H]6O)cc5OC)c4)nn3)C1)[I-]S2. The van der Waals surface area contributed by atoms with Crippen molar-refractivity contribution in [3.05, 3.63) is 70.0 Å². The summed E-state index contributed by atoms with van der Waals surface area (Å²) in [6, 6.07) is 10.2. The summed E-state index contributed by atoms with van der Waals surface area (Å²) < 4.78 is 38.0. The van der Waals surface area contributed by atoms with E-state index in [0.29, 0.717) is 42.6 Å². The van der Waals surface area contributed by atoms with Crippen molar-refractivity contribution in [1.29, 1.82) is 0 Å². The van der Waals surface area contributed by atoms with E-state index in [4.69, 9.17) is 36.7 Å². The number of nitrogens with zero attached hydrogens (tertiary/aromatic N) is 3. The maximum atomic E-state index is 12.9. The molecule has 0 amide bonds. The Balaban J connectivity index is 0.939. The molecule has 3 heterocycles. The Labute approximate surface area is 338 Å². The number of benzene rings is 2. The number of hydrogen-bond donors (Lipinski definition) is 3. The van der Waals surface area contributed by atoms with Crippen LogP contribution in [0.2, 0.25) is 5.02 Å². The number of fused-ring (bicyclic) bond motifs is 2. The van der Waals surface area contributed by atoms with Gasteiger partial charge in [0.25, 0.3) is 0 Å². The minimum atomic E-state index is -1.56. The summed E-state index contributed by atoms with van der Waals surface area (Å²) in [7, 11) is 4.47. The van der Waals surface area contributed by atoms with Gasteiger partial charge in [0, 0.05) is 13.5 Å². The molecule has 17 heteroatoms.